The molecule has 0 spiro atoms. The lowest BCUT2D eigenvalue weighted by Crippen LogP contribution is -2.00. The predicted octanol–water partition coefficient (Wildman–Crippen LogP) is 1.82. The molecule has 19 heavy (non-hydrogen) atoms. The summed E-state index contributed by atoms with van der Waals surface area (Å²) in [5.74, 6) is 0.827. The topological polar surface area (TPSA) is 97.9 Å². The molecule has 0 unspecified atom stereocenters. The predicted molar refractivity (Wildman–Crippen MR) is 71.7 cm³/mol. The average molecular weight is 262 g/mol. The van der Waals surface area contributed by atoms with Crippen molar-refractivity contribution in [3.63, 3.8) is 0 Å². The minimum absolute atomic E-state index is 0.0246. The third-order valence-corrected chi connectivity index (χ3v) is 2.55. The van der Waals surface area contributed by atoms with E-state index in [9.17, 15) is 10.1 Å². The first-order valence-electron chi connectivity index (χ1n) is 5.61. The molecular weight excluding hydrogens is 248 g/mol. The Labute approximate surface area is 109 Å². The van der Waals surface area contributed by atoms with E-state index in [4.69, 9.17) is 0 Å². The molecule has 8 nitrogen and oxygen atoms in total. The molecular formula is C11H14N6O2. The van der Waals surface area contributed by atoms with E-state index in [1.165, 1.54) is 12.1 Å². The fraction of sp³-hybridized carbons (Fsp3) is 0.273. The van der Waals surface area contributed by atoms with Crippen molar-refractivity contribution < 1.29 is 4.92 Å². The molecule has 2 heterocycles. The molecule has 0 saturated carbocycles. The average Bonchev–Trinajstić information content (AvgIpc) is 2.67. The van der Waals surface area contributed by atoms with E-state index in [1.54, 1.807) is 25.0 Å². The van der Waals surface area contributed by atoms with Crippen LogP contribution in [0.15, 0.2) is 18.3 Å². The lowest BCUT2D eigenvalue weighted by molar-refractivity contribution is -0.384. The molecule has 0 aliphatic heterocycles. The van der Waals surface area contributed by atoms with Crippen LogP contribution in [0.25, 0.3) is 0 Å². The van der Waals surface area contributed by atoms with E-state index in [0.29, 0.717) is 11.6 Å². The van der Waals surface area contributed by atoms with Gasteiger partial charge in [-0.1, -0.05) is 0 Å². The lowest BCUT2D eigenvalue weighted by Gasteiger charge is -2.06. The van der Waals surface area contributed by atoms with Crippen LogP contribution in [0, 0.1) is 17.0 Å². The van der Waals surface area contributed by atoms with Crippen molar-refractivity contribution >= 4 is 23.0 Å². The van der Waals surface area contributed by atoms with Crippen LogP contribution >= 0.6 is 0 Å². The number of nitrogens with zero attached hydrogens (tertiary/aromatic N) is 4. The zero-order valence-electron chi connectivity index (χ0n) is 10.8. The normalized spacial score (nSPS) is 10.3. The van der Waals surface area contributed by atoms with Crippen molar-refractivity contribution in [1.82, 2.24) is 14.8 Å². The molecule has 0 fully saturated rings. The van der Waals surface area contributed by atoms with E-state index in [1.807, 2.05) is 6.92 Å². The van der Waals surface area contributed by atoms with Gasteiger partial charge in [0.15, 0.2) is 0 Å². The molecule has 8 heteroatoms. The van der Waals surface area contributed by atoms with Crippen LogP contribution in [0.2, 0.25) is 0 Å². The molecule has 2 N–H and O–H groups in total. The summed E-state index contributed by atoms with van der Waals surface area (Å²) in [4.78, 5) is 14.6. The van der Waals surface area contributed by atoms with Gasteiger partial charge in [0, 0.05) is 20.3 Å². The van der Waals surface area contributed by atoms with Gasteiger partial charge in [-0.3, -0.25) is 14.8 Å². The fourth-order valence-corrected chi connectivity index (χ4v) is 1.67. The molecule has 0 saturated heterocycles. The van der Waals surface area contributed by atoms with E-state index < -0.39 is 4.92 Å². The van der Waals surface area contributed by atoms with Gasteiger partial charge in [-0.2, -0.15) is 5.10 Å². The monoisotopic (exact) mass is 262 g/mol. The van der Waals surface area contributed by atoms with Gasteiger partial charge < -0.3 is 10.6 Å². The van der Waals surface area contributed by atoms with Gasteiger partial charge in [0.05, 0.1) is 28.4 Å². The van der Waals surface area contributed by atoms with Crippen LogP contribution in [0.1, 0.15) is 5.69 Å². The molecule has 2 rings (SSSR count). The first-order valence-corrected chi connectivity index (χ1v) is 5.61. The number of hydrogen-bond acceptors (Lipinski definition) is 6. The van der Waals surface area contributed by atoms with Gasteiger partial charge in [0.1, 0.15) is 11.6 Å². The Morgan fingerprint density at radius 1 is 1.37 bits per heavy atom. The van der Waals surface area contributed by atoms with E-state index in [2.05, 4.69) is 20.7 Å². The molecule has 0 aliphatic rings. The molecule has 0 amide bonds. The number of aryl methyl sites for hydroxylation is 2. The number of pyridine rings is 1. The highest BCUT2D eigenvalue weighted by Gasteiger charge is 2.12. The van der Waals surface area contributed by atoms with Gasteiger partial charge in [-0.05, 0) is 6.92 Å². The van der Waals surface area contributed by atoms with Gasteiger partial charge in [0.2, 0.25) is 0 Å². The lowest BCUT2D eigenvalue weighted by atomic mass is 10.3. The number of anilines is 3. The molecule has 2 aromatic rings. The zero-order chi connectivity index (χ0) is 14.0. The van der Waals surface area contributed by atoms with Crippen LogP contribution in [-0.4, -0.2) is 26.7 Å². The van der Waals surface area contributed by atoms with Gasteiger partial charge >= 0.3 is 0 Å². The molecule has 0 bridgehead atoms. The quantitative estimate of drug-likeness (QED) is 0.644. The maximum absolute atomic E-state index is 10.9. The number of nitro groups is 1. The van der Waals surface area contributed by atoms with Crippen LogP contribution in [0.4, 0.5) is 23.0 Å². The summed E-state index contributed by atoms with van der Waals surface area (Å²) in [6.45, 7) is 1.85. The standard InChI is InChI=1S/C11H14N6O2/c1-7-9(6-16(3)15-7)13-11-5-8(17(18)19)4-10(12-2)14-11/h4-6H,1-3H3,(H2,12,13,14). The Balaban J connectivity index is 2.36. The Morgan fingerprint density at radius 2 is 2.05 bits per heavy atom. The number of aromatic nitrogens is 3. The molecule has 2 aromatic heterocycles. The number of nitrogens with one attached hydrogen (secondary N) is 2. The second kappa shape index (κ2) is 4.92. The summed E-state index contributed by atoms with van der Waals surface area (Å²) in [6.07, 6.45) is 1.79. The Bertz CT molecular complexity index is 622. The summed E-state index contributed by atoms with van der Waals surface area (Å²) >= 11 is 0. The van der Waals surface area contributed by atoms with Gasteiger partial charge in [0.25, 0.3) is 5.69 Å². The van der Waals surface area contributed by atoms with Crippen molar-refractivity contribution in [1.29, 1.82) is 0 Å². The van der Waals surface area contributed by atoms with Crippen molar-refractivity contribution in [2.45, 2.75) is 6.92 Å². The highest BCUT2D eigenvalue weighted by Crippen LogP contribution is 2.24. The van der Waals surface area contributed by atoms with E-state index in [0.717, 1.165) is 11.4 Å². The highest BCUT2D eigenvalue weighted by molar-refractivity contribution is 5.63. The fourth-order valence-electron chi connectivity index (χ4n) is 1.67. The van der Waals surface area contributed by atoms with Crippen molar-refractivity contribution in [2.24, 2.45) is 7.05 Å². The second-order valence-electron chi connectivity index (χ2n) is 4.03. The SMILES string of the molecule is CNc1cc([N+](=O)[O-])cc(Nc2cn(C)nc2C)n1. The summed E-state index contributed by atoms with van der Waals surface area (Å²) in [6, 6.07) is 2.76. The van der Waals surface area contributed by atoms with Crippen molar-refractivity contribution in [2.75, 3.05) is 17.7 Å². The minimum atomic E-state index is -0.455. The minimum Gasteiger partial charge on any atom is -0.373 e. The maximum Gasteiger partial charge on any atom is 0.276 e. The summed E-state index contributed by atoms with van der Waals surface area (Å²) in [5, 5.41) is 20.9. The van der Waals surface area contributed by atoms with Crippen molar-refractivity contribution in [3.8, 4) is 0 Å². The first kappa shape index (κ1) is 12.8. The Morgan fingerprint density at radius 3 is 2.58 bits per heavy atom. The van der Waals surface area contributed by atoms with Crippen LogP contribution < -0.4 is 10.6 Å². The molecule has 0 aromatic carbocycles. The Hall–Kier alpha value is -2.64. The maximum atomic E-state index is 10.9. The largest absolute Gasteiger partial charge is 0.373 e. The van der Waals surface area contributed by atoms with E-state index in [-0.39, 0.29) is 5.69 Å². The number of rotatable bonds is 4. The molecule has 0 atom stereocenters. The van der Waals surface area contributed by atoms with Crippen LogP contribution in [0.5, 0.6) is 0 Å². The first-order chi connectivity index (χ1) is 8.99. The third-order valence-electron chi connectivity index (χ3n) is 2.55. The van der Waals surface area contributed by atoms with Crippen LogP contribution in [0.3, 0.4) is 0 Å². The molecule has 0 radical (unpaired) electrons. The van der Waals surface area contributed by atoms with Gasteiger partial charge in [-0.15, -0.1) is 0 Å². The second-order valence-corrected chi connectivity index (χ2v) is 4.03. The zero-order valence-corrected chi connectivity index (χ0v) is 10.8. The summed E-state index contributed by atoms with van der Waals surface area (Å²) in [7, 11) is 3.46. The third kappa shape index (κ3) is 2.79. The smallest absolute Gasteiger partial charge is 0.276 e. The van der Waals surface area contributed by atoms with Gasteiger partial charge in [-0.25, -0.2) is 4.98 Å². The highest BCUT2D eigenvalue weighted by atomic mass is 16.6. The molecule has 0 aliphatic carbocycles. The molecule has 100 valence electrons. The Kier molecular flexibility index (Phi) is 3.32. The summed E-state index contributed by atoms with van der Waals surface area (Å²) < 4.78 is 1.66. The number of hydrogen-bond donors (Lipinski definition) is 2. The van der Waals surface area contributed by atoms with Crippen LogP contribution in [-0.2, 0) is 7.05 Å². The summed E-state index contributed by atoms with van der Waals surface area (Å²) in [5.41, 5.74) is 1.53. The van der Waals surface area contributed by atoms with E-state index >= 15 is 0 Å². The van der Waals surface area contributed by atoms with Crippen molar-refractivity contribution in [3.05, 3.63) is 34.1 Å².